The number of halogens is 2. The molecule has 1 aromatic heterocycles. The lowest BCUT2D eigenvalue weighted by atomic mass is 10.3. The molecule has 90 valence electrons. The van der Waals surface area contributed by atoms with Crippen molar-refractivity contribution in [3.63, 3.8) is 0 Å². The molecule has 0 unspecified atom stereocenters. The summed E-state index contributed by atoms with van der Waals surface area (Å²) in [5.41, 5.74) is 0.609. The number of nitrogens with one attached hydrogen (secondary N) is 1. The van der Waals surface area contributed by atoms with Gasteiger partial charge in [-0.3, -0.25) is 0 Å². The van der Waals surface area contributed by atoms with E-state index in [4.69, 9.17) is 11.6 Å². The average molecular weight is 271 g/mol. The molecule has 0 saturated heterocycles. The Hall–Kier alpha value is -1.13. The Balaban J connectivity index is 2.04. The first-order valence-corrected chi connectivity index (χ1v) is 6.51. The molecule has 0 aliphatic carbocycles. The number of rotatable bonds is 4. The Morgan fingerprint density at radius 2 is 2.29 bits per heavy atom. The summed E-state index contributed by atoms with van der Waals surface area (Å²) in [4.78, 5) is 5.37. The molecule has 0 fully saturated rings. The summed E-state index contributed by atoms with van der Waals surface area (Å²) >= 11 is 7.61. The van der Waals surface area contributed by atoms with Crippen LogP contribution in [0.15, 0.2) is 24.4 Å². The fourth-order valence-electron chi connectivity index (χ4n) is 1.41. The third-order valence-electron chi connectivity index (χ3n) is 2.29. The van der Waals surface area contributed by atoms with Gasteiger partial charge in [-0.25, -0.2) is 9.37 Å². The summed E-state index contributed by atoms with van der Waals surface area (Å²) in [6.07, 6.45) is 2.77. The summed E-state index contributed by atoms with van der Waals surface area (Å²) in [5, 5.41) is 4.73. The van der Waals surface area contributed by atoms with Crippen LogP contribution in [0.1, 0.15) is 16.8 Å². The van der Waals surface area contributed by atoms with E-state index >= 15 is 0 Å². The molecular weight excluding hydrogens is 259 g/mol. The van der Waals surface area contributed by atoms with E-state index in [1.54, 1.807) is 17.4 Å². The number of aryl methyl sites for hydroxylation is 1. The highest BCUT2D eigenvalue weighted by Gasteiger charge is 2.04. The summed E-state index contributed by atoms with van der Waals surface area (Å²) in [7, 11) is 0. The minimum absolute atomic E-state index is 0.296. The first-order valence-electron chi connectivity index (χ1n) is 5.31. The average Bonchev–Trinajstić information content (AvgIpc) is 2.78. The summed E-state index contributed by atoms with van der Waals surface area (Å²) < 4.78 is 13.0. The van der Waals surface area contributed by atoms with E-state index in [1.807, 2.05) is 6.20 Å². The van der Waals surface area contributed by atoms with Gasteiger partial charge in [0.2, 0.25) is 0 Å². The van der Waals surface area contributed by atoms with Gasteiger partial charge in [-0.05, 0) is 24.6 Å². The van der Waals surface area contributed by atoms with Gasteiger partial charge >= 0.3 is 0 Å². The molecule has 0 aliphatic heterocycles. The third-order valence-corrected chi connectivity index (χ3v) is 3.76. The van der Waals surface area contributed by atoms with Crippen LogP contribution in [-0.4, -0.2) is 4.98 Å². The van der Waals surface area contributed by atoms with Crippen molar-refractivity contribution in [2.45, 2.75) is 19.9 Å². The molecule has 17 heavy (non-hydrogen) atoms. The number of hydrogen-bond acceptors (Lipinski definition) is 3. The molecule has 5 heteroatoms. The highest BCUT2D eigenvalue weighted by Crippen LogP contribution is 2.23. The highest BCUT2D eigenvalue weighted by molar-refractivity contribution is 7.11. The molecule has 2 aromatic rings. The van der Waals surface area contributed by atoms with Gasteiger partial charge in [-0.15, -0.1) is 11.3 Å². The number of hydrogen-bond donors (Lipinski definition) is 1. The molecule has 2 nitrogen and oxygen atoms in total. The number of anilines is 1. The van der Waals surface area contributed by atoms with Crippen molar-refractivity contribution < 1.29 is 4.39 Å². The van der Waals surface area contributed by atoms with Crippen LogP contribution in [0, 0.1) is 5.82 Å². The molecule has 1 N–H and O–H groups in total. The Morgan fingerprint density at radius 1 is 1.47 bits per heavy atom. The van der Waals surface area contributed by atoms with E-state index in [0.29, 0.717) is 17.3 Å². The lowest BCUT2D eigenvalue weighted by Gasteiger charge is -2.06. The zero-order valence-corrected chi connectivity index (χ0v) is 10.9. The van der Waals surface area contributed by atoms with E-state index in [9.17, 15) is 4.39 Å². The van der Waals surface area contributed by atoms with Crippen LogP contribution in [0.4, 0.5) is 10.1 Å². The van der Waals surface area contributed by atoms with Gasteiger partial charge < -0.3 is 5.32 Å². The molecule has 2 rings (SSSR count). The van der Waals surface area contributed by atoms with Crippen LogP contribution >= 0.6 is 22.9 Å². The quantitative estimate of drug-likeness (QED) is 0.904. The van der Waals surface area contributed by atoms with Gasteiger partial charge in [0.25, 0.3) is 0 Å². The van der Waals surface area contributed by atoms with Crippen molar-refractivity contribution >= 4 is 28.6 Å². The standard InChI is InChI=1S/C12H12ClFN2S/c1-2-12-16-7-9(17-12)6-15-11-5-8(14)3-4-10(11)13/h3-5,7,15H,2,6H2,1H3. The van der Waals surface area contributed by atoms with Gasteiger partial charge in [0, 0.05) is 11.1 Å². The summed E-state index contributed by atoms with van der Waals surface area (Å²) in [6.45, 7) is 2.68. The Labute approximate surface area is 108 Å². The normalized spacial score (nSPS) is 10.5. The molecule has 0 saturated carbocycles. The third kappa shape index (κ3) is 3.17. The van der Waals surface area contributed by atoms with Crippen molar-refractivity contribution in [3.8, 4) is 0 Å². The number of thiazole rings is 1. The predicted molar refractivity (Wildman–Crippen MR) is 70.2 cm³/mol. The molecule has 1 heterocycles. The van der Waals surface area contributed by atoms with Crippen LogP contribution < -0.4 is 5.32 Å². The van der Waals surface area contributed by atoms with E-state index in [-0.39, 0.29) is 5.82 Å². The summed E-state index contributed by atoms with van der Waals surface area (Å²) in [5.74, 6) is -0.296. The van der Waals surface area contributed by atoms with Gasteiger partial charge in [-0.2, -0.15) is 0 Å². The SMILES string of the molecule is CCc1ncc(CNc2cc(F)ccc2Cl)s1. The van der Waals surface area contributed by atoms with Crippen LogP contribution in [-0.2, 0) is 13.0 Å². The predicted octanol–water partition coefficient (Wildman–Crippen LogP) is 4.11. The second-order valence-electron chi connectivity index (χ2n) is 3.55. The molecule has 0 spiro atoms. The molecule has 0 radical (unpaired) electrons. The molecular formula is C12H12ClFN2S. The topological polar surface area (TPSA) is 24.9 Å². The minimum Gasteiger partial charge on any atom is -0.379 e. The van der Waals surface area contributed by atoms with Crippen molar-refractivity contribution in [2.75, 3.05) is 5.32 Å². The highest BCUT2D eigenvalue weighted by atomic mass is 35.5. The molecule has 0 aliphatic rings. The van der Waals surface area contributed by atoms with E-state index in [2.05, 4.69) is 17.2 Å². The van der Waals surface area contributed by atoms with Crippen LogP contribution in [0.3, 0.4) is 0 Å². The Morgan fingerprint density at radius 3 is 3.00 bits per heavy atom. The van der Waals surface area contributed by atoms with Crippen LogP contribution in [0.2, 0.25) is 5.02 Å². The maximum absolute atomic E-state index is 13.0. The fourth-order valence-corrected chi connectivity index (χ4v) is 2.40. The van der Waals surface area contributed by atoms with Gasteiger partial charge in [0.1, 0.15) is 5.82 Å². The van der Waals surface area contributed by atoms with Gasteiger partial charge in [0.15, 0.2) is 0 Å². The van der Waals surface area contributed by atoms with Crippen LogP contribution in [0.25, 0.3) is 0 Å². The van der Waals surface area contributed by atoms with Gasteiger partial charge in [-0.1, -0.05) is 18.5 Å². The monoisotopic (exact) mass is 270 g/mol. The number of nitrogens with zero attached hydrogens (tertiary/aromatic N) is 1. The van der Waals surface area contributed by atoms with E-state index < -0.39 is 0 Å². The molecule has 0 bridgehead atoms. The number of aromatic nitrogens is 1. The number of benzene rings is 1. The molecule has 1 aromatic carbocycles. The van der Waals surface area contributed by atoms with Crippen molar-refractivity contribution in [1.29, 1.82) is 0 Å². The minimum atomic E-state index is -0.296. The Kier molecular flexibility index (Phi) is 3.97. The smallest absolute Gasteiger partial charge is 0.125 e. The van der Waals surface area contributed by atoms with E-state index in [0.717, 1.165) is 16.3 Å². The first-order chi connectivity index (χ1) is 8.19. The second kappa shape index (κ2) is 5.47. The fraction of sp³-hybridized carbons (Fsp3) is 0.250. The maximum atomic E-state index is 13.0. The summed E-state index contributed by atoms with van der Waals surface area (Å²) in [6, 6.07) is 4.28. The second-order valence-corrected chi connectivity index (χ2v) is 5.16. The maximum Gasteiger partial charge on any atom is 0.125 e. The first kappa shape index (κ1) is 12.3. The van der Waals surface area contributed by atoms with Crippen molar-refractivity contribution in [1.82, 2.24) is 4.98 Å². The van der Waals surface area contributed by atoms with Gasteiger partial charge in [0.05, 0.1) is 22.3 Å². The largest absolute Gasteiger partial charge is 0.379 e. The Bertz CT molecular complexity index is 513. The zero-order chi connectivity index (χ0) is 12.3. The van der Waals surface area contributed by atoms with Crippen molar-refractivity contribution in [2.24, 2.45) is 0 Å². The van der Waals surface area contributed by atoms with E-state index in [1.165, 1.54) is 12.1 Å². The molecule has 0 amide bonds. The zero-order valence-electron chi connectivity index (χ0n) is 9.34. The van der Waals surface area contributed by atoms with Crippen molar-refractivity contribution in [3.05, 3.63) is 45.1 Å². The lowest BCUT2D eigenvalue weighted by Crippen LogP contribution is -1.98. The lowest BCUT2D eigenvalue weighted by molar-refractivity contribution is 0.628. The molecule has 0 atom stereocenters. The van der Waals surface area contributed by atoms with Crippen LogP contribution in [0.5, 0.6) is 0 Å².